The van der Waals surface area contributed by atoms with Crippen LogP contribution < -0.4 is 0 Å². The van der Waals surface area contributed by atoms with Crippen LogP contribution in [0.15, 0.2) is 42.5 Å². The van der Waals surface area contributed by atoms with Crippen molar-refractivity contribution >= 4 is 0 Å². The molecule has 0 aromatic heterocycles. The number of benzene rings is 2. The molecule has 0 heterocycles. The minimum Gasteiger partial charge on any atom is -0.166 e. The van der Waals surface area contributed by atoms with Gasteiger partial charge in [0.15, 0.2) is 0 Å². The van der Waals surface area contributed by atoms with Gasteiger partial charge in [0.25, 0.3) is 0 Å². The van der Waals surface area contributed by atoms with Gasteiger partial charge in [-0.1, -0.05) is 44.2 Å². The first kappa shape index (κ1) is 17.4. The zero-order valence-electron chi connectivity index (χ0n) is 12.4. The Morgan fingerprint density at radius 1 is 0.739 bits per heavy atom. The molecule has 0 saturated carbocycles. The predicted molar refractivity (Wildman–Crippen MR) is 76.0 cm³/mol. The van der Waals surface area contributed by atoms with E-state index < -0.39 is 29.4 Å². The molecule has 0 unspecified atom stereocenters. The third-order valence-electron chi connectivity index (χ3n) is 3.52. The second kappa shape index (κ2) is 5.91. The Morgan fingerprint density at radius 2 is 1.30 bits per heavy atom. The lowest BCUT2D eigenvalue weighted by molar-refractivity contribution is -0.138. The molecule has 0 atom stereocenters. The van der Waals surface area contributed by atoms with Crippen molar-refractivity contribution in [2.45, 2.75) is 32.1 Å². The van der Waals surface area contributed by atoms with Gasteiger partial charge in [-0.3, -0.25) is 0 Å². The first-order chi connectivity index (χ1) is 10.5. The van der Waals surface area contributed by atoms with Crippen LogP contribution in [0.2, 0.25) is 0 Å². The molecule has 0 radical (unpaired) electrons. The molecule has 0 fully saturated rings. The zero-order chi connectivity index (χ0) is 17.4. The number of alkyl halides is 6. The second-order valence-electron chi connectivity index (χ2n) is 5.50. The van der Waals surface area contributed by atoms with Gasteiger partial charge in [0.2, 0.25) is 0 Å². The van der Waals surface area contributed by atoms with E-state index in [1.54, 1.807) is 13.8 Å². The van der Waals surface area contributed by atoms with Crippen molar-refractivity contribution in [3.8, 4) is 11.1 Å². The molecular formula is C17H14F6. The number of hydrogen-bond acceptors (Lipinski definition) is 0. The van der Waals surface area contributed by atoms with E-state index >= 15 is 0 Å². The fourth-order valence-corrected chi connectivity index (χ4v) is 2.45. The Kier molecular flexibility index (Phi) is 4.46. The lowest BCUT2D eigenvalue weighted by Crippen LogP contribution is -2.11. The van der Waals surface area contributed by atoms with Gasteiger partial charge in [-0.15, -0.1) is 0 Å². The van der Waals surface area contributed by atoms with E-state index in [2.05, 4.69) is 0 Å². The SMILES string of the molecule is CC(C)c1ccc(-c2ccccc2C(F)(F)F)cc1C(F)(F)F. The molecule has 0 spiro atoms. The van der Waals surface area contributed by atoms with Crippen molar-refractivity contribution in [3.05, 3.63) is 59.2 Å². The highest BCUT2D eigenvalue weighted by atomic mass is 19.4. The monoisotopic (exact) mass is 332 g/mol. The van der Waals surface area contributed by atoms with E-state index in [9.17, 15) is 26.3 Å². The maximum Gasteiger partial charge on any atom is 0.417 e. The Hall–Kier alpha value is -1.98. The van der Waals surface area contributed by atoms with Gasteiger partial charge in [-0.25, -0.2) is 0 Å². The summed E-state index contributed by atoms with van der Waals surface area (Å²) in [5, 5.41) is 0. The van der Waals surface area contributed by atoms with Crippen LogP contribution in [0.3, 0.4) is 0 Å². The lowest BCUT2D eigenvalue weighted by Gasteiger charge is -2.18. The molecule has 2 aromatic carbocycles. The van der Waals surface area contributed by atoms with E-state index in [0.717, 1.165) is 12.1 Å². The van der Waals surface area contributed by atoms with Crippen LogP contribution in [-0.4, -0.2) is 0 Å². The molecule has 0 aliphatic rings. The maximum atomic E-state index is 13.2. The summed E-state index contributed by atoms with van der Waals surface area (Å²) in [6, 6.07) is 7.95. The molecule has 23 heavy (non-hydrogen) atoms. The minimum absolute atomic E-state index is 0.0609. The van der Waals surface area contributed by atoms with Gasteiger partial charge in [0.05, 0.1) is 11.1 Å². The van der Waals surface area contributed by atoms with Crippen molar-refractivity contribution in [2.24, 2.45) is 0 Å². The van der Waals surface area contributed by atoms with Gasteiger partial charge in [-0.05, 0) is 34.7 Å². The largest absolute Gasteiger partial charge is 0.417 e. The standard InChI is InChI=1S/C17H14F6/c1-10(2)12-8-7-11(9-15(12)17(21,22)23)13-5-3-4-6-14(13)16(18,19)20/h3-10H,1-2H3. The molecule has 0 bridgehead atoms. The summed E-state index contributed by atoms with van der Waals surface area (Å²) in [6.07, 6.45) is -9.26. The average Bonchev–Trinajstić information content (AvgIpc) is 2.44. The van der Waals surface area contributed by atoms with Crippen molar-refractivity contribution in [3.63, 3.8) is 0 Å². The van der Waals surface area contributed by atoms with Gasteiger partial charge >= 0.3 is 12.4 Å². The summed E-state index contributed by atoms with van der Waals surface area (Å²) in [5.74, 6) is -0.390. The molecule has 0 aliphatic heterocycles. The fourth-order valence-electron chi connectivity index (χ4n) is 2.45. The summed E-state index contributed by atoms with van der Waals surface area (Å²) in [4.78, 5) is 0. The molecule has 124 valence electrons. The van der Waals surface area contributed by atoms with Gasteiger partial charge in [-0.2, -0.15) is 26.3 Å². The van der Waals surface area contributed by atoms with E-state index in [1.807, 2.05) is 0 Å². The molecule has 6 heteroatoms. The molecule has 0 aliphatic carbocycles. The first-order valence-corrected chi connectivity index (χ1v) is 6.89. The summed E-state index contributed by atoms with van der Waals surface area (Å²) < 4.78 is 78.8. The van der Waals surface area contributed by atoms with Crippen molar-refractivity contribution in [1.29, 1.82) is 0 Å². The van der Waals surface area contributed by atoms with Crippen LogP contribution in [0.25, 0.3) is 11.1 Å². The summed E-state index contributed by atoms with van der Waals surface area (Å²) in [5.41, 5.74) is -2.16. The Bertz CT molecular complexity index is 695. The quantitative estimate of drug-likeness (QED) is 0.550. The highest BCUT2D eigenvalue weighted by Gasteiger charge is 2.36. The first-order valence-electron chi connectivity index (χ1n) is 6.89. The number of hydrogen-bond donors (Lipinski definition) is 0. The third kappa shape index (κ3) is 3.68. The van der Waals surface area contributed by atoms with E-state index in [4.69, 9.17) is 0 Å². The van der Waals surface area contributed by atoms with Gasteiger partial charge in [0, 0.05) is 0 Å². The molecule has 0 amide bonds. The third-order valence-corrected chi connectivity index (χ3v) is 3.52. The number of halogens is 6. The molecule has 2 aromatic rings. The van der Waals surface area contributed by atoms with Crippen molar-refractivity contribution in [2.75, 3.05) is 0 Å². The van der Waals surface area contributed by atoms with Crippen LogP contribution in [0.1, 0.15) is 36.5 Å². The normalized spacial score (nSPS) is 12.7. The Labute approximate surface area is 129 Å². The van der Waals surface area contributed by atoms with E-state index in [1.165, 1.54) is 30.3 Å². The minimum atomic E-state index is -4.63. The lowest BCUT2D eigenvalue weighted by atomic mass is 9.91. The highest BCUT2D eigenvalue weighted by Crippen LogP contribution is 2.41. The van der Waals surface area contributed by atoms with Gasteiger partial charge < -0.3 is 0 Å². The van der Waals surface area contributed by atoms with Crippen molar-refractivity contribution < 1.29 is 26.3 Å². The van der Waals surface area contributed by atoms with E-state index in [-0.39, 0.29) is 16.7 Å². The molecule has 2 rings (SSSR count). The summed E-state index contributed by atoms with van der Waals surface area (Å²) in [6.45, 7) is 3.21. The van der Waals surface area contributed by atoms with Crippen LogP contribution in [-0.2, 0) is 12.4 Å². The molecule has 0 saturated heterocycles. The van der Waals surface area contributed by atoms with Gasteiger partial charge in [0.1, 0.15) is 0 Å². The molecule has 0 nitrogen and oxygen atoms in total. The zero-order valence-corrected chi connectivity index (χ0v) is 12.4. The van der Waals surface area contributed by atoms with Crippen LogP contribution >= 0.6 is 0 Å². The van der Waals surface area contributed by atoms with Crippen LogP contribution in [0, 0.1) is 0 Å². The predicted octanol–water partition coefficient (Wildman–Crippen LogP) is 6.51. The van der Waals surface area contributed by atoms with Crippen LogP contribution in [0.5, 0.6) is 0 Å². The highest BCUT2D eigenvalue weighted by molar-refractivity contribution is 5.69. The average molecular weight is 332 g/mol. The summed E-state index contributed by atoms with van der Waals surface area (Å²) in [7, 11) is 0. The maximum absolute atomic E-state index is 13.2. The fraction of sp³-hybridized carbons (Fsp3) is 0.294. The topological polar surface area (TPSA) is 0 Å². The van der Waals surface area contributed by atoms with E-state index in [0.29, 0.717) is 0 Å². The number of rotatable bonds is 2. The molecular weight excluding hydrogens is 318 g/mol. The second-order valence-corrected chi connectivity index (χ2v) is 5.50. The summed E-state index contributed by atoms with van der Waals surface area (Å²) >= 11 is 0. The molecule has 0 N–H and O–H groups in total. The van der Waals surface area contributed by atoms with Crippen molar-refractivity contribution in [1.82, 2.24) is 0 Å². The van der Waals surface area contributed by atoms with Crippen LogP contribution in [0.4, 0.5) is 26.3 Å². The smallest absolute Gasteiger partial charge is 0.166 e. The Morgan fingerprint density at radius 3 is 1.83 bits per heavy atom. The Balaban J connectivity index is 2.68.